The second-order valence-corrected chi connectivity index (χ2v) is 5.33. The van der Waals surface area contributed by atoms with Gasteiger partial charge in [-0.05, 0) is 24.5 Å². The van der Waals surface area contributed by atoms with Crippen LogP contribution in [0, 0.1) is 5.92 Å². The molecule has 1 rings (SSSR count). The third-order valence-corrected chi connectivity index (χ3v) is 3.41. The van der Waals surface area contributed by atoms with E-state index in [9.17, 15) is 4.79 Å². The van der Waals surface area contributed by atoms with Crippen molar-refractivity contribution >= 4 is 11.7 Å². The van der Waals surface area contributed by atoms with Gasteiger partial charge >= 0.3 is 0 Å². The van der Waals surface area contributed by atoms with Crippen LogP contribution in [0.25, 0.3) is 0 Å². The Kier molecular flexibility index (Phi) is 6.45. The molecule has 1 aromatic rings. The molecule has 0 spiro atoms. The number of nitrogens with zero attached hydrogens (tertiary/aromatic N) is 2. The van der Waals surface area contributed by atoms with E-state index < -0.39 is 0 Å². The van der Waals surface area contributed by atoms with Crippen LogP contribution in [0.1, 0.15) is 49.7 Å². The highest BCUT2D eigenvalue weighted by molar-refractivity contribution is 5.94. The Labute approximate surface area is 121 Å². The molecule has 5 nitrogen and oxygen atoms in total. The zero-order valence-electron chi connectivity index (χ0n) is 12.9. The molecule has 0 bridgehead atoms. The number of pyridine rings is 1. The van der Waals surface area contributed by atoms with Crippen molar-refractivity contribution in [1.29, 1.82) is 0 Å². The molecule has 0 saturated heterocycles. The normalized spacial score (nSPS) is 12.1. The standard InChI is InChI=1S/C15H26N4O/c1-5-7-13-8-12(9-14(17-13)18-16)15(20)19(4)10-11(3)6-2/h8-9,11H,5-7,10,16H2,1-4H3,(H,17,18). The number of nitrogen functional groups attached to an aromatic ring is 1. The Morgan fingerprint density at radius 2 is 2.15 bits per heavy atom. The van der Waals surface area contributed by atoms with Crippen LogP contribution >= 0.6 is 0 Å². The summed E-state index contributed by atoms with van der Waals surface area (Å²) < 4.78 is 0. The molecule has 0 aromatic carbocycles. The number of nitrogens with two attached hydrogens (primary N) is 1. The van der Waals surface area contributed by atoms with E-state index in [4.69, 9.17) is 5.84 Å². The summed E-state index contributed by atoms with van der Waals surface area (Å²) in [5, 5.41) is 0. The molecule has 112 valence electrons. The minimum Gasteiger partial charge on any atom is -0.341 e. The van der Waals surface area contributed by atoms with Crippen LogP contribution < -0.4 is 11.3 Å². The lowest BCUT2D eigenvalue weighted by Gasteiger charge is -2.21. The van der Waals surface area contributed by atoms with E-state index >= 15 is 0 Å². The van der Waals surface area contributed by atoms with E-state index in [0.717, 1.165) is 31.5 Å². The number of amides is 1. The van der Waals surface area contributed by atoms with Crippen molar-refractivity contribution in [3.63, 3.8) is 0 Å². The number of aryl methyl sites for hydroxylation is 1. The van der Waals surface area contributed by atoms with Gasteiger partial charge in [0.2, 0.25) is 0 Å². The summed E-state index contributed by atoms with van der Waals surface area (Å²) in [5.74, 6) is 6.47. The number of aromatic nitrogens is 1. The summed E-state index contributed by atoms with van der Waals surface area (Å²) in [5.41, 5.74) is 4.06. The zero-order chi connectivity index (χ0) is 15.1. The van der Waals surface area contributed by atoms with E-state index in [0.29, 0.717) is 17.3 Å². The average Bonchev–Trinajstić information content (AvgIpc) is 2.46. The summed E-state index contributed by atoms with van der Waals surface area (Å²) in [6.45, 7) is 7.11. The summed E-state index contributed by atoms with van der Waals surface area (Å²) in [7, 11) is 1.84. The highest BCUT2D eigenvalue weighted by Crippen LogP contribution is 2.14. The minimum atomic E-state index is 0.0153. The second-order valence-electron chi connectivity index (χ2n) is 5.33. The number of hydrazine groups is 1. The van der Waals surface area contributed by atoms with Gasteiger partial charge in [0.05, 0.1) is 0 Å². The minimum absolute atomic E-state index is 0.0153. The van der Waals surface area contributed by atoms with Gasteiger partial charge in [-0.1, -0.05) is 33.6 Å². The summed E-state index contributed by atoms with van der Waals surface area (Å²) in [6, 6.07) is 3.56. The maximum atomic E-state index is 12.5. The first-order valence-electron chi connectivity index (χ1n) is 7.24. The van der Waals surface area contributed by atoms with Crippen LogP contribution in [0.2, 0.25) is 0 Å². The van der Waals surface area contributed by atoms with Gasteiger partial charge in [0, 0.05) is 24.8 Å². The molecule has 0 saturated carbocycles. The van der Waals surface area contributed by atoms with Gasteiger partial charge in [-0.2, -0.15) is 0 Å². The van der Waals surface area contributed by atoms with Crippen LogP contribution in [0.15, 0.2) is 12.1 Å². The monoisotopic (exact) mass is 278 g/mol. The molecule has 0 aliphatic rings. The molecule has 0 aliphatic heterocycles. The summed E-state index contributed by atoms with van der Waals surface area (Å²) >= 11 is 0. The topological polar surface area (TPSA) is 71.2 Å². The Balaban J connectivity index is 2.93. The Morgan fingerprint density at radius 3 is 2.70 bits per heavy atom. The zero-order valence-corrected chi connectivity index (χ0v) is 12.9. The summed E-state index contributed by atoms with van der Waals surface area (Å²) in [4.78, 5) is 18.6. The first kappa shape index (κ1) is 16.4. The smallest absolute Gasteiger partial charge is 0.253 e. The molecule has 20 heavy (non-hydrogen) atoms. The number of anilines is 1. The van der Waals surface area contributed by atoms with Gasteiger partial charge in [-0.25, -0.2) is 10.8 Å². The fourth-order valence-electron chi connectivity index (χ4n) is 2.07. The first-order valence-corrected chi connectivity index (χ1v) is 7.24. The van der Waals surface area contributed by atoms with Gasteiger partial charge in [0.15, 0.2) is 0 Å². The van der Waals surface area contributed by atoms with Crippen molar-refractivity contribution in [2.24, 2.45) is 11.8 Å². The Hall–Kier alpha value is -1.62. The maximum absolute atomic E-state index is 12.5. The number of carbonyl (C=O) groups is 1. The van der Waals surface area contributed by atoms with Crippen LogP contribution in [-0.2, 0) is 6.42 Å². The fraction of sp³-hybridized carbons (Fsp3) is 0.600. The highest BCUT2D eigenvalue weighted by Gasteiger charge is 2.15. The fourth-order valence-corrected chi connectivity index (χ4v) is 2.07. The Morgan fingerprint density at radius 1 is 1.45 bits per heavy atom. The van der Waals surface area contributed by atoms with E-state index in [2.05, 4.69) is 31.2 Å². The van der Waals surface area contributed by atoms with Crippen molar-refractivity contribution in [3.8, 4) is 0 Å². The third-order valence-electron chi connectivity index (χ3n) is 3.41. The second kappa shape index (κ2) is 7.85. The molecule has 5 heteroatoms. The van der Waals surface area contributed by atoms with Crippen LogP contribution in [0.5, 0.6) is 0 Å². The van der Waals surface area contributed by atoms with Crippen molar-refractivity contribution in [3.05, 3.63) is 23.4 Å². The van der Waals surface area contributed by atoms with Gasteiger partial charge in [-0.15, -0.1) is 0 Å². The van der Waals surface area contributed by atoms with Crippen molar-refractivity contribution in [1.82, 2.24) is 9.88 Å². The third kappa shape index (κ3) is 4.49. The van der Waals surface area contributed by atoms with Crippen LogP contribution in [-0.4, -0.2) is 29.4 Å². The molecular formula is C15H26N4O. The molecule has 1 atom stereocenters. The van der Waals surface area contributed by atoms with Crippen LogP contribution in [0.4, 0.5) is 5.82 Å². The number of hydrogen-bond donors (Lipinski definition) is 2. The molecule has 0 aliphatic carbocycles. The predicted molar refractivity (Wildman–Crippen MR) is 82.5 cm³/mol. The van der Waals surface area contributed by atoms with E-state index in [-0.39, 0.29) is 5.91 Å². The molecule has 1 unspecified atom stereocenters. The van der Waals surface area contributed by atoms with Crippen molar-refractivity contribution in [2.75, 3.05) is 19.0 Å². The molecule has 1 amide bonds. The van der Waals surface area contributed by atoms with Crippen molar-refractivity contribution in [2.45, 2.75) is 40.0 Å². The van der Waals surface area contributed by atoms with Gasteiger partial charge in [0.1, 0.15) is 5.82 Å². The van der Waals surface area contributed by atoms with Gasteiger partial charge < -0.3 is 10.3 Å². The van der Waals surface area contributed by atoms with Crippen LogP contribution in [0.3, 0.4) is 0 Å². The quantitative estimate of drug-likeness (QED) is 0.593. The largest absolute Gasteiger partial charge is 0.341 e. The lowest BCUT2D eigenvalue weighted by atomic mass is 10.1. The molecular weight excluding hydrogens is 252 g/mol. The molecule has 1 aromatic heterocycles. The lowest BCUT2D eigenvalue weighted by Crippen LogP contribution is -2.31. The van der Waals surface area contributed by atoms with Gasteiger partial charge in [-0.3, -0.25) is 4.79 Å². The number of carbonyl (C=O) groups excluding carboxylic acids is 1. The molecule has 0 radical (unpaired) electrons. The average molecular weight is 278 g/mol. The van der Waals surface area contributed by atoms with E-state index in [1.165, 1.54) is 0 Å². The van der Waals surface area contributed by atoms with E-state index in [1.807, 2.05) is 13.1 Å². The van der Waals surface area contributed by atoms with Gasteiger partial charge in [0.25, 0.3) is 5.91 Å². The number of nitrogens with one attached hydrogen (secondary N) is 1. The summed E-state index contributed by atoms with van der Waals surface area (Å²) in [6.07, 6.45) is 2.88. The highest BCUT2D eigenvalue weighted by atomic mass is 16.2. The Bertz CT molecular complexity index is 447. The lowest BCUT2D eigenvalue weighted by molar-refractivity contribution is 0.0774. The number of hydrogen-bond acceptors (Lipinski definition) is 4. The number of rotatable bonds is 7. The maximum Gasteiger partial charge on any atom is 0.253 e. The molecule has 3 N–H and O–H groups in total. The molecule has 1 heterocycles. The predicted octanol–water partition coefficient (Wildman–Crippen LogP) is 2.44. The molecule has 0 fully saturated rings. The van der Waals surface area contributed by atoms with Crippen molar-refractivity contribution < 1.29 is 4.79 Å². The first-order chi connectivity index (χ1) is 9.51. The van der Waals surface area contributed by atoms with E-state index in [1.54, 1.807) is 11.0 Å². The SMILES string of the molecule is CCCc1cc(C(=O)N(C)CC(C)CC)cc(NN)n1.